The van der Waals surface area contributed by atoms with Crippen LogP contribution < -0.4 is 0 Å². The van der Waals surface area contributed by atoms with Crippen LogP contribution in [-0.4, -0.2) is 101 Å². The minimum absolute atomic E-state index is 0.162. The maximum absolute atomic E-state index is 15.4. The second kappa shape index (κ2) is 8.49. The van der Waals surface area contributed by atoms with E-state index in [0.29, 0.717) is 24.9 Å². The highest BCUT2D eigenvalue weighted by Crippen LogP contribution is 2.31. The Kier molecular flexibility index (Phi) is 6.81. The molecular weight excluding hydrogens is 351 g/mol. The number of likely N-dealkylation sites (tertiary alicyclic amines) is 2. The molecule has 0 amide bonds. The van der Waals surface area contributed by atoms with Gasteiger partial charge in [0, 0.05) is 76.0 Å². The smallest absolute Gasteiger partial charge is 0.126 e. The van der Waals surface area contributed by atoms with E-state index in [1.807, 2.05) is 0 Å². The van der Waals surface area contributed by atoms with Crippen molar-refractivity contribution in [2.24, 2.45) is 0 Å². The normalized spacial score (nSPS) is 28.0. The molecule has 0 N–H and O–H groups in total. The van der Waals surface area contributed by atoms with Gasteiger partial charge in [-0.2, -0.15) is 0 Å². The molecule has 0 bridgehead atoms. The standard InChI is InChI=1S/C23H45FN4/c1-21(2,3)27-11-7-20(8-12-27)26-17-15-25(16-18-26)19-23(24)9-13-28(14-10-23)22(4,5)6/h20H,7-19H2,1-6H3. The summed E-state index contributed by atoms with van der Waals surface area (Å²) in [5.41, 5.74) is -0.529. The van der Waals surface area contributed by atoms with Gasteiger partial charge in [-0.05, 0) is 67.2 Å². The van der Waals surface area contributed by atoms with Crippen molar-refractivity contribution in [3.63, 3.8) is 0 Å². The first kappa shape index (κ1) is 22.5. The highest BCUT2D eigenvalue weighted by Gasteiger charge is 2.39. The average Bonchev–Trinajstić information content (AvgIpc) is 2.61. The lowest BCUT2D eigenvalue weighted by molar-refractivity contribution is -0.0207. The Bertz CT molecular complexity index is 486. The van der Waals surface area contributed by atoms with Crippen LogP contribution in [0.2, 0.25) is 0 Å². The molecule has 0 radical (unpaired) electrons. The summed E-state index contributed by atoms with van der Waals surface area (Å²) in [6, 6.07) is 0.732. The lowest BCUT2D eigenvalue weighted by atomic mass is 9.89. The van der Waals surface area contributed by atoms with Crippen LogP contribution in [0.3, 0.4) is 0 Å². The monoisotopic (exact) mass is 396 g/mol. The van der Waals surface area contributed by atoms with Gasteiger partial charge >= 0.3 is 0 Å². The Labute approximate surface area is 173 Å². The Morgan fingerprint density at radius 3 is 1.64 bits per heavy atom. The van der Waals surface area contributed by atoms with Gasteiger partial charge in [-0.15, -0.1) is 0 Å². The second-order valence-corrected chi connectivity index (χ2v) is 11.5. The molecular formula is C23H45FN4. The van der Waals surface area contributed by atoms with Crippen LogP contribution in [0, 0.1) is 0 Å². The van der Waals surface area contributed by atoms with Crippen molar-refractivity contribution in [3.8, 4) is 0 Å². The van der Waals surface area contributed by atoms with Gasteiger partial charge in [-0.1, -0.05) is 0 Å². The van der Waals surface area contributed by atoms with E-state index in [1.54, 1.807) is 0 Å². The first-order chi connectivity index (χ1) is 13.0. The average molecular weight is 397 g/mol. The molecule has 3 rings (SSSR count). The lowest BCUT2D eigenvalue weighted by Gasteiger charge is -2.47. The zero-order valence-corrected chi connectivity index (χ0v) is 19.4. The first-order valence-electron chi connectivity index (χ1n) is 11.6. The van der Waals surface area contributed by atoms with E-state index in [9.17, 15) is 0 Å². The van der Waals surface area contributed by atoms with Gasteiger partial charge < -0.3 is 0 Å². The van der Waals surface area contributed by atoms with E-state index >= 15 is 4.39 Å². The summed E-state index contributed by atoms with van der Waals surface area (Å²) in [6.07, 6.45) is 3.95. The molecule has 4 nitrogen and oxygen atoms in total. The highest BCUT2D eigenvalue weighted by molar-refractivity contribution is 4.94. The molecule has 0 aromatic carbocycles. The van der Waals surface area contributed by atoms with Crippen LogP contribution in [0.4, 0.5) is 4.39 Å². The predicted molar refractivity (Wildman–Crippen MR) is 117 cm³/mol. The Morgan fingerprint density at radius 1 is 0.714 bits per heavy atom. The fourth-order valence-electron chi connectivity index (χ4n) is 5.33. The van der Waals surface area contributed by atoms with E-state index in [0.717, 1.165) is 45.3 Å². The Hall–Kier alpha value is -0.230. The molecule has 3 aliphatic heterocycles. The Morgan fingerprint density at radius 2 is 1.18 bits per heavy atom. The summed E-state index contributed by atoms with van der Waals surface area (Å²) in [4.78, 5) is 10.1. The number of rotatable bonds is 3. The number of nitrogens with zero attached hydrogens (tertiary/aromatic N) is 4. The Balaban J connectivity index is 1.40. The topological polar surface area (TPSA) is 13.0 Å². The molecule has 0 saturated carbocycles. The third-order valence-corrected chi connectivity index (χ3v) is 7.45. The van der Waals surface area contributed by atoms with Gasteiger partial charge in [0.25, 0.3) is 0 Å². The fraction of sp³-hybridized carbons (Fsp3) is 1.00. The zero-order valence-electron chi connectivity index (χ0n) is 19.4. The first-order valence-corrected chi connectivity index (χ1v) is 11.6. The van der Waals surface area contributed by atoms with Crippen LogP contribution in [0.5, 0.6) is 0 Å². The molecule has 3 aliphatic rings. The van der Waals surface area contributed by atoms with Gasteiger partial charge in [-0.3, -0.25) is 19.6 Å². The van der Waals surface area contributed by atoms with Crippen LogP contribution in [0.15, 0.2) is 0 Å². The van der Waals surface area contributed by atoms with Gasteiger partial charge in [0.05, 0.1) is 0 Å². The van der Waals surface area contributed by atoms with E-state index in [1.165, 1.54) is 25.9 Å². The molecule has 0 spiro atoms. The molecule has 164 valence electrons. The van der Waals surface area contributed by atoms with Crippen LogP contribution in [0.1, 0.15) is 67.2 Å². The fourth-order valence-corrected chi connectivity index (χ4v) is 5.33. The van der Waals surface area contributed by atoms with Gasteiger partial charge in [-0.25, -0.2) is 4.39 Å². The van der Waals surface area contributed by atoms with Crippen molar-refractivity contribution in [3.05, 3.63) is 0 Å². The molecule has 3 fully saturated rings. The van der Waals surface area contributed by atoms with Crippen molar-refractivity contribution in [1.29, 1.82) is 0 Å². The summed E-state index contributed by atoms with van der Waals surface area (Å²) < 4.78 is 15.4. The van der Waals surface area contributed by atoms with Crippen molar-refractivity contribution in [1.82, 2.24) is 19.6 Å². The van der Waals surface area contributed by atoms with Gasteiger partial charge in [0.2, 0.25) is 0 Å². The number of piperidine rings is 2. The number of piperazine rings is 1. The number of hydrogen-bond donors (Lipinski definition) is 0. The van der Waals surface area contributed by atoms with Crippen LogP contribution in [0.25, 0.3) is 0 Å². The molecule has 0 aliphatic carbocycles. The maximum Gasteiger partial charge on any atom is 0.126 e. The highest BCUT2D eigenvalue weighted by atomic mass is 19.1. The molecule has 5 heteroatoms. The molecule has 0 aromatic heterocycles. The van der Waals surface area contributed by atoms with Crippen molar-refractivity contribution < 1.29 is 4.39 Å². The molecule has 3 heterocycles. The number of hydrogen-bond acceptors (Lipinski definition) is 4. The third-order valence-electron chi connectivity index (χ3n) is 7.45. The van der Waals surface area contributed by atoms with Gasteiger partial charge in [0.15, 0.2) is 0 Å². The molecule has 3 saturated heterocycles. The lowest BCUT2D eigenvalue weighted by Crippen LogP contribution is -2.58. The third kappa shape index (κ3) is 5.68. The summed E-state index contributed by atoms with van der Waals surface area (Å²) in [6.45, 7) is 22.9. The maximum atomic E-state index is 15.4. The molecule has 0 aromatic rings. The molecule has 0 atom stereocenters. The summed E-state index contributed by atoms with van der Waals surface area (Å²) in [5, 5.41) is 0. The zero-order chi connectivity index (χ0) is 20.6. The second-order valence-electron chi connectivity index (χ2n) is 11.5. The van der Waals surface area contributed by atoms with Crippen molar-refractivity contribution in [2.45, 2.75) is 90.0 Å². The minimum Gasteiger partial charge on any atom is -0.298 e. The minimum atomic E-state index is -0.984. The summed E-state index contributed by atoms with van der Waals surface area (Å²) >= 11 is 0. The van der Waals surface area contributed by atoms with Crippen molar-refractivity contribution >= 4 is 0 Å². The molecule has 28 heavy (non-hydrogen) atoms. The SMILES string of the molecule is CC(C)(C)N1CCC(N2CCN(CC3(F)CCN(C(C)(C)C)CC3)CC2)CC1. The predicted octanol–water partition coefficient (Wildman–Crippen LogP) is 3.47. The largest absolute Gasteiger partial charge is 0.298 e. The summed E-state index contributed by atoms with van der Waals surface area (Å²) in [7, 11) is 0. The van der Waals surface area contributed by atoms with Crippen LogP contribution >= 0.6 is 0 Å². The van der Waals surface area contributed by atoms with Crippen LogP contribution in [-0.2, 0) is 0 Å². The van der Waals surface area contributed by atoms with E-state index in [2.05, 4.69) is 61.1 Å². The quantitative estimate of drug-likeness (QED) is 0.724. The number of halogens is 1. The van der Waals surface area contributed by atoms with E-state index in [-0.39, 0.29) is 5.54 Å². The van der Waals surface area contributed by atoms with Gasteiger partial charge in [0.1, 0.15) is 5.67 Å². The summed E-state index contributed by atoms with van der Waals surface area (Å²) in [5.74, 6) is 0. The van der Waals surface area contributed by atoms with E-state index < -0.39 is 5.67 Å². The molecule has 0 unspecified atom stereocenters. The van der Waals surface area contributed by atoms with Crippen molar-refractivity contribution in [2.75, 3.05) is 58.9 Å². The number of alkyl halides is 1. The van der Waals surface area contributed by atoms with E-state index in [4.69, 9.17) is 0 Å².